The Bertz CT molecular complexity index is 849. The van der Waals surface area contributed by atoms with Crippen LogP contribution in [0.3, 0.4) is 0 Å². The predicted octanol–water partition coefficient (Wildman–Crippen LogP) is 3.66. The lowest BCUT2D eigenvalue weighted by molar-refractivity contribution is -0.150. The van der Waals surface area contributed by atoms with E-state index in [1.807, 2.05) is 37.3 Å². The Balaban J connectivity index is 1.69. The molecule has 0 bridgehead atoms. The maximum atomic E-state index is 11.8. The molecule has 2 aromatic rings. The summed E-state index contributed by atoms with van der Waals surface area (Å²) in [4.78, 5) is 23.6. The summed E-state index contributed by atoms with van der Waals surface area (Å²) in [6.45, 7) is 1.67. The van der Waals surface area contributed by atoms with E-state index in [-0.39, 0.29) is 19.1 Å². The number of hydrogen-bond donors (Lipinski definition) is 1. The number of ether oxygens (including phenoxy) is 3. The number of nitrogens with one attached hydrogen (secondary N) is 1. The van der Waals surface area contributed by atoms with Crippen molar-refractivity contribution in [3.63, 3.8) is 0 Å². The second-order valence-electron chi connectivity index (χ2n) is 6.09. The number of methoxy groups -OCH3 is 1. The average molecular weight is 418 g/mol. The first-order valence-electron chi connectivity index (χ1n) is 9.12. The molecule has 1 amide bonds. The number of rotatable bonds is 10. The van der Waals surface area contributed by atoms with Crippen molar-refractivity contribution in [2.75, 3.05) is 26.9 Å². The van der Waals surface area contributed by atoms with Crippen molar-refractivity contribution in [3.05, 3.63) is 64.7 Å². The van der Waals surface area contributed by atoms with Crippen LogP contribution < -0.4 is 14.8 Å². The molecule has 1 N–H and O–H groups in total. The number of esters is 1. The minimum Gasteiger partial charge on any atom is -0.493 e. The van der Waals surface area contributed by atoms with E-state index in [9.17, 15) is 9.59 Å². The summed E-state index contributed by atoms with van der Waals surface area (Å²) in [5.41, 5.74) is 2.00. The molecule has 0 radical (unpaired) electrons. The van der Waals surface area contributed by atoms with Crippen molar-refractivity contribution in [1.82, 2.24) is 5.32 Å². The van der Waals surface area contributed by atoms with Gasteiger partial charge in [0.15, 0.2) is 24.7 Å². The van der Waals surface area contributed by atoms with Crippen LogP contribution in [0.2, 0.25) is 5.02 Å². The second kappa shape index (κ2) is 11.8. The van der Waals surface area contributed by atoms with Gasteiger partial charge in [0.1, 0.15) is 0 Å². The van der Waals surface area contributed by atoms with Gasteiger partial charge in [-0.2, -0.15) is 0 Å². The molecular formula is C22H24ClNO5. The van der Waals surface area contributed by atoms with Crippen molar-refractivity contribution < 1.29 is 23.8 Å². The van der Waals surface area contributed by atoms with E-state index in [1.54, 1.807) is 24.3 Å². The van der Waals surface area contributed by atoms with Crippen LogP contribution in [-0.4, -0.2) is 38.7 Å². The quantitative estimate of drug-likeness (QED) is 0.597. The van der Waals surface area contributed by atoms with Gasteiger partial charge in [-0.1, -0.05) is 42.0 Å². The first-order chi connectivity index (χ1) is 14.0. The van der Waals surface area contributed by atoms with Crippen LogP contribution in [0.15, 0.2) is 48.5 Å². The highest BCUT2D eigenvalue weighted by Crippen LogP contribution is 2.28. The summed E-state index contributed by atoms with van der Waals surface area (Å²) in [6.07, 6.45) is 4.49. The fourth-order valence-corrected chi connectivity index (χ4v) is 2.60. The number of amides is 1. The molecule has 0 spiro atoms. The number of halogens is 1. The molecule has 0 aliphatic carbocycles. The van der Waals surface area contributed by atoms with Crippen LogP contribution in [-0.2, 0) is 20.7 Å². The zero-order chi connectivity index (χ0) is 21.1. The number of hydrogen-bond acceptors (Lipinski definition) is 5. The minimum atomic E-state index is -0.641. The smallest absolute Gasteiger partial charge is 0.344 e. The standard InChI is InChI=1S/C22H24ClNO5/c1-3-4-17-7-10-19(20(13-17)27-2)28-15-22(26)29-14-21(25)24-12-11-16-5-8-18(23)9-6-16/h3-10,13H,11-12,14-15H2,1-2H3,(H,24,25)/b4-3+. The van der Waals surface area contributed by atoms with Crippen LogP contribution in [0.4, 0.5) is 0 Å². The third-order valence-corrected chi connectivity index (χ3v) is 4.16. The number of allylic oxidation sites excluding steroid dienone is 1. The van der Waals surface area contributed by atoms with E-state index in [2.05, 4.69) is 5.32 Å². The zero-order valence-corrected chi connectivity index (χ0v) is 17.2. The highest BCUT2D eigenvalue weighted by Gasteiger charge is 2.11. The maximum absolute atomic E-state index is 11.8. The molecule has 0 saturated heterocycles. The lowest BCUT2D eigenvalue weighted by Crippen LogP contribution is -2.31. The third kappa shape index (κ3) is 7.87. The predicted molar refractivity (Wildman–Crippen MR) is 112 cm³/mol. The number of benzene rings is 2. The molecule has 2 rings (SSSR count). The lowest BCUT2D eigenvalue weighted by atomic mass is 10.1. The molecule has 0 saturated carbocycles. The average Bonchev–Trinajstić information content (AvgIpc) is 2.72. The Hall–Kier alpha value is -2.99. The summed E-state index contributed by atoms with van der Waals surface area (Å²) in [5, 5.41) is 3.36. The SMILES string of the molecule is C/C=C/c1ccc(OCC(=O)OCC(=O)NCCc2ccc(Cl)cc2)c(OC)c1. The monoisotopic (exact) mass is 417 g/mol. The van der Waals surface area contributed by atoms with E-state index in [0.717, 1.165) is 11.1 Å². The first kappa shape index (κ1) is 22.3. The summed E-state index contributed by atoms with van der Waals surface area (Å²) >= 11 is 5.83. The van der Waals surface area contributed by atoms with Gasteiger partial charge < -0.3 is 19.5 Å². The first-order valence-corrected chi connectivity index (χ1v) is 9.50. The summed E-state index contributed by atoms with van der Waals surface area (Å²) in [5.74, 6) is -0.0866. The molecule has 6 nitrogen and oxygen atoms in total. The zero-order valence-electron chi connectivity index (χ0n) is 16.4. The van der Waals surface area contributed by atoms with Gasteiger partial charge in [0.25, 0.3) is 5.91 Å². The molecule has 0 aliphatic rings. The van der Waals surface area contributed by atoms with Crippen molar-refractivity contribution >= 4 is 29.6 Å². The molecular weight excluding hydrogens is 394 g/mol. The van der Waals surface area contributed by atoms with E-state index in [4.69, 9.17) is 25.8 Å². The Labute approximate surface area is 175 Å². The molecule has 0 aromatic heterocycles. The van der Waals surface area contributed by atoms with Gasteiger partial charge in [0.05, 0.1) is 7.11 Å². The van der Waals surface area contributed by atoms with Crippen LogP contribution in [0, 0.1) is 0 Å². The molecule has 0 fully saturated rings. The van der Waals surface area contributed by atoms with E-state index in [1.165, 1.54) is 7.11 Å². The van der Waals surface area contributed by atoms with Crippen molar-refractivity contribution in [2.45, 2.75) is 13.3 Å². The van der Waals surface area contributed by atoms with Crippen LogP contribution in [0.1, 0.15) is 18.1 Å². The lowest BCUT2D eigenvalue weighted by Gasteiger charge is -2.11. The Morgan fingerprint density at radius 1 is 1.07 bits per heavy atom. The molecule has 154 valence electrons. The van der Waals surface area contributed by atoms with Crippen LogP contribution >= 0.6 is 11.6 Å². The Morgan fingerprint density at radius 3 is 2.52 bits per heavy atom. The second-order valence-corrected chi connectivity index (χ2v) is 6.52. The molecule has 0 atom stereocenters. The van der Waals surface area contributed by atoms with Gasteiger partial charge >= 0.3 is 5.97 Å². The van der Waals surface area contributed by atoms with Crippen LogP contribution in [0.25, 0.3) is 6.08 Å². The third-order valence-electron chi connectivity index (χ3n) is 3.91. The normalized spacial score (nSPS) is 10.6. The van der Waals surface area contributed by atoms with Gasteiger partial charge in [-0.05, 0) is 48.7 Å². The fraction of sp³-hybridized carbons (Fsp3) is 0.273. The van der Waals surface area contributed by atoms with Crippen molar-refractivity contribution in [3.8, 4) is 11.5 Å². The van der Waals surface area contributed by atoms with E-state index in [0.29, 0.717) is 29.5 Å². The largest absolute Gasteiger partial charge is 0.493 e. The van der Waals surface area contributed by atoms with Gasteiger partial charge in [0, 0.05) is 11.6 Å². The molecule has 2 aromatic carbocycles. The van der Waals surface area contributed by atoms with Crippen molar-refractivity contribution in [1.29, 1.82) is 0 Å². The highest BCUT2D eigenvalue weighted by atomic mass is 35.5. The van der Waals surface area contributed by atoms with Crippen molar-refractivity contribution in [2.24, 2.45) is 0 Å². The molecule has 0 unspecified atom stereocenters. The van der Waals surface area contributed by atoms with Gasteiger partial charge in [-0.3, -0.25) is 4.79 Å². The van der Waals surface area contributed by atoms with E-state index >= 15 is 0 Å². The Kier molecular flexibility index (Phi) is 9.05. The minimum absolute atomic E-state index is 0.322. The van der Waals surface area contributed by atoms with Gasteiger partial charge in [-0.15, -0.1) is 0 Å². The maximum Gasteiger partial charge on any atom is 0.344 e. The highest BCUT2D eigenvalue weighted by molar-refractivity contribution is 6.30. The molecule has 0 aliphatic heterocycles. The Morgan fingerprint density at radius 2 is 1.83 bits per heavy atom. The van der Waals surface area contributed by atoms with Gasteiger partial charge in [0.2, 0.25) is 0 Å². The molecule has 29 heavy (non-hydrogen) atoms. The molecule has 0 heterocycles. The number of carbonyl (C=O) groups is 2. The topological polar surface area (TPSA) is 73.9 Å². The number of carbonyl (C=O) groups excluding carboxylic acids is 2. The molecule has 7 heteroatoms. The summed E-state index contributed by atoms with van der Waals surface area (Å²) in [6, 6.07) is 12.7. The van der Waals surface area contributed by atoms with E-state index < -0.39 is 5.97 Å². The van der Waals surface area contributed by atoms with Crippen LogP contribution in [0.5, 0.6) is 11.5 Å². The fourth-order valence-electron chi connectivity index (χ4n) is 2.47. The summed E-state index contributed by atoms with van der Waals surface area (Å²) < 4.78 is 15.6. The van der Waals surface area contributed by atoms with Gasteiger partial charge in [-0.25, -0.2) is 4.79 Å². The summed E-state index contributed by atoms with van der Waals surface area (Å²) in [7, 11) is 1.52.